The van der Waals surface area contributed by atoms with Crippen LogP contribution in [0.15, 0.2) is 52.9 Å². The highest BCUT2D eigenvalue weighted by molar-refractivity contribution is 5.57. The zero-order valence-electron chi connectivity index (χ0n) is 12.1. The average Bonchev–Trinajstić information content (AvgIpc) is 3.06. The normalized spacial score (nSPS) is 10.8. The van der Waals surface area contributed by atoms with Crippen LogP contribution in [-0.4, -0.2) is 4.68 Å². The first-order chi connectivity index (χ1) is 10.1. The molecule has 108 valence electrons. The molecule has 0 amide bonds. The van der Waals surface area contributed by atoms with E-state index in [-0.39, 0.29) is 5.82 Å². The summed E-state index contributed by atoms with van der Waals surface area (Å²) >= 11 is 0. The van der Waals surface area contributed by atoms with Gasteiger partial charge in [0, 0.05) is 17.0 Å². The fraction of sp³-hybridized carbons (Fsp3) is 0.176. The Morgan fingerprint density at radius 3 is 2.29 bits per heavy atom. The van der Waals surface area contributed by atoms with Crippen LogP contribution >= 0.6 is 0 Å². The van der Waals surface area contributed by atoms with Crippen LogP contribution in [-0.2, 0) is 6.54 Å². The molecule has 3 rings (SSSR count). The van der Waals surface area contributed by atoms with Crippen LogP contribution in [0, 0.1) is 19.7 Å². The van der Waals surface area contributed by atoms with Crippen molar-refractivity contribution in [1.29, 1.82) is 0 Å². The van der Waals surface area contributed by atoms with Gasteiger partial charge in [0.2, 0.25) is 0 Å². The predicted octanol–water partition coefficient (Wildman–Crippen LogP) is 4.25. The van der Waals surface area contributed by atoms with E-state index in [1.54, 1.807) is 12.1 Å². The minimum absolute atomic E-state index is 0.245. The number of hydrogen-bond acceptors (Lipinski definition) is 2. The van der Waals surface area contributed by atoms with Crippen molar-refractivity contribution < 1.29 is 8.81 Å². The monoisotopic (exact) mass is 284 g/mol. The van der Waals surface area contributed by atoms with Gasteiger partial charge in [-0.3, -0.25) is 4.68 Å². The number of halogens is 1. The Labute approximate surface area is 123 Å². The minimum atomic E-state index is -0.245. The lowest BCUT2D eigenvalue weighted by Gasteiger charge is -2.11. The number of aryl methyl sites for hydroxylation is 2. The first-order valence-corrected chi connectivity index (χ1v) is 6.87. The van der Waals surface area contributed by atoms with Crippen LogP contribution in [0.1, 0.15) is 17.1 Å². The van der Waals surface area contributed by atoms with Gasteiger partial charge in [-0.05, 0) is 62.4 Å². The topological polar surface area (TPSA) is 30.1 Å². The van der Waals surface area contributed by atoms with E-state index in [2.05, 4.69) is 17.6 Å². The van der Waals surface area contributed by atoms with E-state index in [0.717, 1.165) is 28.5 Å². The van der Waals surface area contributed by atoms with Gasteiger partial charge in [0.25, 0.3) is 0 Å². The Balaban J connectivity index is 1.72. The van der Waals surface area contributed by atoms with Crippen molar-refractivity contribution >= 4 is 0 Å². The van der Waals surface area contributed by atoms with Gasteiger partial charge in [0.05, 0.1) is 6.54 Å². The first kappa shape index (κ1) is 13.5. The second kappa shape index (κ2) is 5.48. The molecule has 0 saturated heterocycles. The molecule has 21 heavy (non-hydrogen) atoms. The van der Waals surface area contributed by atoms with Gasteiger partial charge < -0.3 is 9.84 Å². The number of nitrogens with one attached hydrogen (secondary N) is 1. The maximum absolute atomic E-state index is 12.9. The number of furan rings is 1. The summed E-state index contributed by atoms with van der Waals surface area (Å²) in [7, 11) is 0. The van der Waals surface area contributed by atoms with Gasteiger partial charge in [-0.25, -0.2) is 4.39 Å². The average molecular weight is 284 g/mol. The first-order valence-electron chi connectivity index (χ1n) is 6.87. The maximum atomic E-state index is 12.9. The van der Waals surface area contributed by atoms with Crippen LogP contribution in [0.3, 0.4) is 0 Å². The van der Waals surface area contributed by atoms with Gasteiger partial charge in [-0.2, -0.15) is 0 Å². The van der Waals surface area contributed by atoms with Crippen molar-refractivity contribution in [3.8, 4) is 11.3 Å². The Morgan fingerprint density at radius 1 is 0.952 bits per heavy atom. The van der Waals surface area contributed by atoms with E-state index in [1.807, 2.05) is 30.7 Å². The summed E-state index contributed by atoms with van der Waals surface area (Å²) in [6, 6.07) is 14.3. The molecule has 0 radical (unpaired) electrons. The van der Waals surface area contributed by atoms with Crippen LogP contribution in [0.2, 0.25) is 0 Å². The van der Waals surface area contributed by atoms with E-state index in [0.29, 0.717) is 6.54 Å². The van der Waals surface area contributed by atoms with Crippen molar-refractivity contribution in [1.82, 2.24) is 4.68 Å². The van der Waals surface area contributed by atoms with Crippen LogP contribution < -0.4 is 5.43 Å². The molecule has 0 aliphatic heterocycles. The molecular weight excluding hydrogens is 267 g/mol. The van der Waals surface area contributed by atoms with Gasteiger partial charge in [0.1, 0.15) is 17.3 Å². The molecule has 1 N–H and O–H groups in total. The molecule has 0 aliphatic rings. The molecule has 1 aromatic carbocycles. The SMILES string of the molecule is Cc1ccc(C)n1NCc1ccc(-c2ccc(F)cc2)o1. The van der Waals surface area contributed by atoms with Gasteiger partial charge in [-0.15, -0.1) is 0 Å². The summed E-state index contributed by atoms with van der Waals surface area (Å²) in [4.78, 5) is 0. The van der Waals surface area contributed by atoms with E-state index in [4.69, 9.17) is 4.42 Å². The Kier molecular flexibility index (Phi) is 3.52. The minimum Gasteiger partial charge on any atom is -0.459 e. The smallest absolute Gasteiger partial charge is 0.134 e. The van der Waals surface area contributed by atoms with E-state index in [9.17, 15) is 4.39 Å². The molecule has 3 nitrogen and oxygen atoms in total. The van der Waals surface area contributed by atoms with Crippen molar-refractivity contribution in [2.45, 2.75) is 20.4 Å². The molecule has 0 unspecified atom stereocenters. The summed E-state index contributed by atoms with van der Waals surface area (Å²) in [6.07, 6.45) is 0. The number of hydrogen-bond donors (Lipinski definition) is 1. The number of benzene rings is 1. The molecule has 2 heterocycles. The Morgan fingerprint density at radius 2 is 1.62 bits per heavy atom. The lowest BCUT2D eigenvalue weighted by Crippen LogP contribution is -2.16. The predicted molar refractivity (Wildman–Crippen MR) is 81.1 cm³/mol. The lowest BCUT2D eigenvalue weighted by molar-refractivity contribution is 0.521. The Bertz CT molecular complexity index is 721. The molecule has 0 bridgehead atoms. The molecule has 0 saturated carbocycles. The van der Waals surface area contributed by atoms with Gasteiger partial charge >= 0.3 is 0 Å². The highest BCUT2D eigenvalue weighted by Gasteiger charge is 2.06. The van der Waals surface area contributed by atoms with Crippen LogP contribution in [0.4, 0.5) is 4.39 Å². The highest BCUT2D eigenvalue weighted by atomic mass is 19.1. The zero-order valence-corrected chi connectivity index (χ0v) is 12.1. The van der Waals surface area contributed by atoms with Crippen molar-refractivity contribution in [2.75, 3.05) is 5.43 Å². The molecule has 2 aromatic heterocycles. The number of rotatable bonds is 4. The summed E-state index contributed by atoms with van der Waals surface area (Å²) in [5.74, 6) is 1.33. The van der Waals surface area contributed by atoms with Crippen LogP contribution in [0.25, 0.3) is 11.3 Å². The molecular formula is C17H17FN2O. The molecule has 0 aliphatic carbocycles. The van der Waals surface area contributed by atoms with E-state index in [1.165, 1.54) is 12.1 Å². The third-order valence-electron chi connectivity index (χ3n) is 3.47. The largest absolute Gasteiger partial charge is 0.459 e. The fourth-order valence-corrected chi connectivity index (χ4v) is 2.32. The Hall–Kier alpha value is -2.49. The summed E-state index contributed by atoms with van der Waals surface area (Å²) in [5.41, 5.74) is 6.49. The zero-order chi connectivity index (χ0) is 14.8. The van der Waals surface area contributed by atoms with Crippen LogP contribution in [0.5, 0.6) is 0 Å². The van der Waals surface area contributed by atoms with Crippen molar-refractivity contribution in [3.05, 3.63) is 71.5 Å². The summed E-state index contributed by atoms with van der Waals surface area (Å²) in [5, 5.41) is 0. The number of nitrogens with zero attached hydrogens (tertiary/aromatic N) is 1. The van der Waals surface area contributed by atoms with Crippen molar-refractivity contribution in [2.24, 2.45) is 0 Å². The standard InChI is InChI=1S/C17H17FN2O/c1-12-3-4-13(2)20(12)19-11-16-9-10-17(21-16)14-5-7-15(18)8-6-14/h3-10,19H,11H2,1-2H3. The lowest BCUT2D eigenvalue weighted by atomic mass is 10.2. The van der Waals surface area contributed by atoms with E-state index >= 15 is 0 Å². The molecule has 0 atom stereocenters. The molecule has 3 aromatic rings. The summed E-state index contributed by atoms with van der Waals surface area (Å²) < 4.78 is 20.7. The quantitative estimate of drug-likeness (QED) is 0.776. The second-order valence-electron chi connectivity index (χ2n) is 5.06. The highest BCUT2D eigenvalue weighted by Crippen LogP contribution is 2.22. The van der Waals surface area contributed by atoms with Gasteiger partial charge in [-0.1, -0.05) is 0 Å². The third kappa shape index (κ3) is 2.84. The molecule has 0 spiro atoms. The molecule has 4 heteroatoms. The fourth-order valence-electron chi connectivity index (χ4n) is 2.32. The second-order valence-corrected chi connectivity index (χ2v) is 5.06. The molecule has 0 fully saturated rings. The number of aromatic nitrogens is 1. The van der Waals surface area contributed by atoms with Gasteiger partial charge in [0.15, 0.2) is 0 Å². The third-order valence-corrected chi connectivity index (χ3v) is 3.47. The van der Waals surface area contributed by atoms with Crippen molar-refractivity contribution in [3.63, 3.8) is 0 Å². The maximum Gasteiger partial charge on any atom is 0.134 e. The summed E-state index contributed by atoms with van der Waals surface area (Å²) in [6.45, 7) is 4.69. The van der Waals surface area contributed by atoms with E-state index < -0.39 is 0 Å².